The highest BCUT2D eigenvalue weighted by Crippen LogP contribution is 2.25. The number of aryl methyl sites for hydroxylation is 1. The number of halogens is 3. The van der Waals surface area contributed by atoms with Gasteiger partial charge in [-0.3, -0.25) is 9.89 Å². The lowest BCUT2D eigenvalue weighted by Crippen LogP contribution is -2.56. The molecule has 1 N–H and O–H groups in total. The van der Waals surface area contributed by atoms with Crippen LogP contribution in [0.2, 0.25) is 0 Å². The number of thiophene rings is 1. The molecule has 4 nitrogen and oxygen atoms in total. The van der Waals surface area contributed by atoms with E-state index in [1.165, 1.54) is 22.3 Å². The van der Waals surface area contributed by atoms with Gasteiger partial charge < -0.3 is 10.2 Å². The molecule has 0 bridgehead atoms. The molecular formula is C15H23F3N4S. The highest BCUT2D eigenvalue weighted by atomic mass is 32.1. The van der Waals surface area contributed by atoms with Crippen molar-refractivity contribution in [1.29, 1.82) is 0 Å². The van der Waals surface area contributed by atoms with Crippen molar-refractivity contribution in [2.24, 2.45) is 4.99 Å². The Morgan fingerprint density at radius 2 is 2.00 bits per heavy atom. The van der Waals surface area contributed by atoms with Crippen LogP contribution in [0, 0.1) is 6.92 Å². The summed E-state index contributed by atoms with van der Waals surface area (Å²) in [7, 11) is 1.70. The Balaban J connectivity index is 1.86. The lowest BCUT2D eigenvalue weighted by molar-refractivity contribution is -0.181. The third kappa shape index (κ3) is 4.60. The predicted molar refractivity (Wildman–Crippen MR) is 87.9 cm³/mol. The van der Waals surface area contributed by atoms with Gasteiger partial charge in [-0.15, -0.1) is 11.3 Å². The number of nitrogens with one attached hydrogen (secondary N) is 1. The van der Waals surface area contributed by atoms with Crippen LogP contribution in [0.5, 0.6) is 0 Å². The van der Waals surface area contributed by atoms with Crippen LogP contribution in [0.4, 0.5) is 13.2 Å². The highest BCUT2D eigenvalue weighted by molar-refractivity contribution is 7.10. The molecule has 0 spiro atoms. The second kappa shape index (κ2) is 7.53. The zero-order chi connectivity index (χ0) is 17.0. The molecule has 8 heteroatoms. The average molecular weight is 348 g/mol. The van der Waals surface area contributed by atoms with E-state index in [2.05, 4.69) is 23.3 Å². The molecule has 2 heterocycles. The quantitative estimate of drug-likeness (QED) is 0.673. The van der Waals surface area contributed by atoms with Crippen molar-refractivity contribution < 1.29 is 13.2 Å². The third-order valence-corrected chi connectivity index (χ3v) is 5.25. The minimum atomic E-state index is -4.17. The lowest BCUT2D eigenvalue weighted by Gasteiger charge is -2.39. The molecule has 0 radical (unpaired) electrons. The molecule has 0 amide bonds. The van der Waals surface area contributed by atoms with Gasteiger partial charge in [0.25, 0.3) is 0 Å². The van der Waals surface area contributed by atoms with Gasteiger partial charge >= 0.3 is 6.18 Å². The molecule has 1 aliphatic heterocycles. The molecule has 1 unspecified atom stereocenters. The van der Waals surface area contributed by atoms with Crippen LogP contribution in [-0.4, -0.2) is 61.2 Å². The van der Waals surface area contributed by atoms with E-state index in [0.29, 0.717) is 32.7 Å². The van der Waals surface area contributed by atoms with E-state index >= 15 is 0 Å². The first kappa shape index (κ1) is 18.1. The zero-order valence-electron chi connectivity index (χ0n) is 13.7. The third-order valence-electron chi connectivity index (χ3n) is 4.22. The van der Waals surface area contributed by atoms with Crippen LogP contribution < -0.4 is 5.32 Å². The summed E-state index contributed by atoms with van der Waals surface area (Å²) in [5, 5.41) is 5.35. The lowest BCUT2D eigenvalue weighted by atomic mass is 10.2. The number of hydrogen-bond acceptors (Lipinski definition) is 3. The largest absolute Gasteiger partial charge is 0.403 e. The van der Waals surface area contributed by atoms with Crippen LogP contribution in [0.25, 0.3) is 0 Å². The van der Waals surface area contributed by atoms with Crippen molar-refractivity contribution in [3.63, 3.8) is 0 Å². The average Bonchev–Trinajstić information content (AvgIpc) is 2.92. The minimum Gasteiger partial charge on any atom is -0.351 e. The Bertz CT molecular complexity index is 533. The smallest absolute Gasteiger partial charge is 0.351 e. The number of rotatable bonds is 3. The summed E-state index contributed by atoms with van der Waals surface area (Å²) in [6, 6.07) is 0.676. The van der Waals surface area contributed by atoms with E-state index in [4.69, 9.17) is 0 Å². The minimum absolute atomic E-state index is 0.388. The van der Waals surface area contributed by atoms with Gasteiger partial charge in [-0.1, -0.05) is 0 Å². The first-order valence-corrected chi connectivity index (χ1v) is 8.50. The van der Waals surface area contributed by atoms with Crippen LogP contribution >= 0.6 is 11.3 Å². The highest BCUT2D eigenvalue weighted by Gasteiger charge is 2.41. The molecule has 1 atom stereocenters. The molecule has 1 fully saturated rings. The van der Waals surface area contributed by atoms with Gasteiger partial charge in [-0.05, 0) is 30.9 Å². The van der Waals surface area contributed by atoms with Crippen LogP contribution in [0.1, 0.15) is 17.4 Å². The molecule has 1 aromatic rings. The van der Waals surface area contributed by atoms with Crippen molar-refractivity contribution in [2.75, 3.05) is 33.2 Å². The summed E-state index contributed by atoms with van der Waals surface area (Å²) in [6.07, 6.45) is -4.17. The van der Waals surface area contributed by atoms with Crippen molar-refractivity contribution in [3.8, 4) is 0 Å². The maximum atomic E-state index is 12.8. The van der Waals surface area contributed by atoms with Gasteiger partial charge in [0, 0.05) is 38.1 Å². The van der Waals surface area contributed by atoms with Crippen LogP contribution in [0.15, 0.2) is 16.4 Å². The van der Waals surface area contributed by atoms with Crippen molar-refractivity contribution in [2.45, 2.75) is 32.6 Å². The monoisotopic (exact) mass is 348 g/mol. The summed E-state index contributed by atoms with van der Waals surface area (Å²) in [5.41, 5.74) is 1.24. The Labute approximate surface area is 139 Å². The number of alkyl halides is 3. The molecule has 1 aliphatic rings. The number of piperazine rings is 1. The second-order valence-electron chi connectivity index (χ2n) is 5.67. The standard InChI is InChI=1S/C15H23F3N4S/c1-11-4-9-23-13(11)10-20-14(19-3)22-7-5-21(6-8-22)12(2)15(16,17)18/h4,9,12H,5-8,10H2,1-3H3,(H,19,20). The first-order chi connectivity index (χ1) is 10.8. The Morgan fingerprint density at radius 3 is 2.48 bits per heavy atom. The van der Waals surface area contributed by atoms with Crippen molar-refractivity contribution >= 4 is 17.3 Å². The van der Waals surface area contributed by atoms with Gasteiger partial charge in [0.05, 0.1) is 6.54 Å². The van der Waals surface area contributed by atoms with E-state index in [-0.39, 0.29) is 0 Å². The summed E-state index contributed by atoms with van der Waals surface area (Å²) in [6.45, 7) is 5.84. The predicted octanol–water partition coefficient (Wildman–Crippen LogP) is 2.70. The van der Waals surface area contributed by atoms with E-state index in [0.717, 1.165) is 5.96 Å². The topological polar surface area (TPSA) is 30.9 Å². The van der Waals surface area contributed by atoms with E-state index in [9.17, 15) is 13.2 Å². The summed E-state index contributed by atoms with van der Waals surface area (Å²) in [5.74, 6) is 0.747. The Kier molecular flexibility index (Phi) is 5.91. The number of aliphatic imine (C=N–C) groups is 1. The van der Waals surface area contributed by atoms with Gasteiger partial charge in [0.2, 0.25) is 0 Å². The molecule has 0 aromatic carbocycles. The van der Waals surface area contributed by atoms with Gasteiger partial charge in [0.15, 0.2) is 5.96 Å². The first-order valence-electron chi connectivity index (χ1n) is 7.62. The Morgan fingerprint density at radius 1 is 1.35 bits per heavy atom. The normalized spacial score (nSPS) is 19.0. The summed E-state index contributed by atoms with van der Waals surface area (Å²) in [4.78, 5) is 9.00. The van der Waals surface area contributed by atoms with E-state index in [1.54, 1.807) is 18.4 Å². The molecule has 1 saturated heterocycles. The van der Waals surface area contributed by atoms with E-state index < -0.39 is 12.2 Å². The SMILES string of the molecule is CN=C(NCc1sccc1C)N1CCN(C(C)C(F)(F)F)CC1. The maximum Gasteiger partial charge on any atom is 0.403 e. The van der Waals surface area contributed by atoms with Gasteiger partial charge in [-0.25, -0.2) is 0 Å². The number of nitrogens with zero attached hydrogens (tertiary/aromatic N) is 3. The fraction of sp³-hybridized carbons (Fsp3) is 0.667. The number of guanidine groups is 1. The number of hydrogen-bond donors (Lipinski definition) is 1. The molecule has 0 saturated carbocycles. The molecule has 130 valence electrons. The van der Waals surface area contributed by atoms with Crippen LogP contribution in [-0.2, 0) is 6.54 Å². The van der Waals surface area contributed by atoms with Gasteiger partial charge in [-0.2, -0.15) is 13.2 Å². The van der Waals surface area contributed by atoms with E-state index in [1.807, 2.05) is 10.3 Å². The molecule has 23 heavy (non-hydrogen) atoms. The fourth-order valence-electron chi connectivity index (χ4n) is 2.60. The fourth-order valence-corrected chi connectivity index (χ4v) is 3.45. The molecule has 1 aromatic heterocycles. The van der Waals surface area contributed by atoms with Crippen LogP contribution in [0.3, 0.4) is 0 Å². The molecular weight excluding hydrogens is 325 g/mol. The van der Waals surface area contributed by atoms with Crippen molar-refractivity contribution in [1.82, 2.24) is 15.1 Å². The Hall–Kier alpha value is -1.28. The zero-order valence-corrected chi connectivity index (χ0v) is 14.5. The second-order valence-corrected chi connectivity index (χ2v) is 6.67. The molecule has 2 rings (SSSR count). The summed E-state index contributed by atoms with van der Waals surface area (Å²) >= 11 is 1.69. The van der Waals surface area contributed by atoms with Crippen molar-refractivity contribution in [3.05, 3.63) is 21.9 Å². The summed E-state index contributed by atoms with van der Waals surface area (Å²) < 4.78 is 38.3. The molecule has 0 aliphatic carbocycles. The maximum absolute atomic E-state index is 12.8. The van der Waals surface area contributed by atoms with Gasteiger partial charge in [0.1, 0.15) is 6.04 Å².